The first kappa shape index (κ1) is 37.0. The number of carbonyl (C=O) groups is 3. The van der Waals surface area contributed by atoms with Crippen molar-refractivity contribution in [1.29, 1.82) is 0 Å². The number of amides is 3. The zero-order chi connectivity index (χ0) is 35.0. The van der Waals surface area contributed by atoms with Crippen LogP contribution in [0.25, 0.3) is 0 Å². The lowest BCUT2D eigenvalue weighted by Crippen LogP contribution is -2.56. The first-order valence-corrected chi connectivity index (χ1v) is 17.3. The van der Waals surface area contributed by atoms with Crippen LogP contribution < -0.4 is 16.0 Å². The second kappa shape index (κ2) is 19.3. The second-order valence-electron chi connectivity index (χ2n) is 12.1. The minimum Gasteiger partial charge on any atom is -0.445 e. The van der Waals surface area contributed by atoms with Gasteiger partial charge in [-0.15, -0.1) is 11.3 Å². The van der Waals surface area contributed by atoms with Gasteiger partial charge in [0, 0.05) is 29.4 Å². The molecule has 0 saturated heterocycles. The summed E-state index contributed by atoms with van der Waals surface area (Å²) in [6, 6.07) is 20.5. The molecule has 49 heavy (non-hydrogen) atoms. The van der Waals surface area contributed by atoms with Gasteiger partial charge in [-0.25, -0.2) is 14.6 Å². The van der Waals surface area contributed by atoms with Gasteiger partial charge in [0.2, 0.25) is 5.91 Å². The van der Waals surface area contributed by atoms with Crippen molar-refractivity contribution in [2.75, 3.05) is 0 Å². The van der Waals surface area contributed by atoms with Gasteiger partial charge in [0.25, 0.3) is 0 Å². The number of aromatic nitrogens is 2. The number of nitrogens with zero attached hydrogens (tertiary/aromatic N) is 2. The number of aliphatic hydroxyl groups excluding tert-OH is 1. The number of aliphatic hydroxyl groups is 1. The second-order valence-corrected chi connectivity index (χ2v) is 13.0. The Kier molecular flexibility index (Phi) is 14.5. The van der Waals surface area contributed by atoms with Crippen molar-refractivity contribution in [3.63, 3.8) is 0 Å². The lowest BCUT2D eigenvalue weighted by atomic mass is 9.93. The normalized spacial score (nSPS) is 13.5. The molecule has 0 radical (unpaired) electrons. The molecule has 0 saturated carbocycles. The Morgan fingerprint density at radius 1 is 0.816 bits per heavy atom. The summed E-state index contributed by atoms with van der Waals surface area (Å²) in [5, 5.41) is 23.1. The molecule has 2 heterocycles. The zero-order valence-electron chi connectivity index (χ0n) is 28.1. The van der Waals surface area contributed by atoms with Crippen molar-refractivity contribution in [2.24, 2.45) is 5.92 Å². The van der Waals surface area contributed by atoms with Gasteiger partial charge < -0.3 is 30.5 Å². The van der Waals surface area contributed by atoms with E-state index in [0.29, 0.717) is 18.5 Å². The molecule has 3 amide bonds. The van der Waals surface area contributed by atoms with Crippen LogP contribution in [0.3, 0.4) is 0 Å². The number of aryl methyl sites for hydroxylation is 1. The predicted octanol–water partition coefficient (Wildman–Crippen LogP) is 5.37. The van der Waals surface area contributed by atoms with Crippen LogP contribution in [0.15, 0.2) is 90.6 Å². The van der Waals surface area contributed by atoms with Crippen molar-refractivity contribution in [1.82, 2.24) is 25.9 Å². The average Bonchev–Trinajstić information content (AvgIpc) is 3.58. The van der Waals surface area contributed by atoms with Crippen LogP contribution in [0.5, 0.6) is 0 Å². The Morgan fingerprint density at radius 2 is 1.45 bits per heavy atom. The third-order valence-electron chi connectivity index (χ3n) is 7.83. The minimum atomic E-state index is -1.08. The molecule has 0 aliphatic carbocycles. The number of alkyl carbamates (subject to hydrolysis) is 2. The van der Waals surface area contributed by atoms with Crippen LogP contribution in [0.4, 0.5) is 9.59 Å². The van der Waals surface area contributed by atoms with E-state index in [1.165, 1.54) is 11.3 Å². The highest BCUT2D eigenvalue weighted by molar-refractivity contribution is 7.09. The monoisotopic (exact) mass is 687 g/mol. The average molecular weight is 688 g/mol. The first-order valence-electron chi connectivity index (χ1n) is 16.4. The molecule has 4 aromatic rings. The standard InChI is InChI=1S/C37H45N5O6S/c1-4-33-39-30(24-49-33)23-48-37(46)42-34(25(2)3)35(44)41-31(19-27-14-9-6-10-15-27)32(43)20-29(18-26-12-7-5-8-13-26)40-36(45)47-22-28-16-11-17-38-21-28/h5-17,21,24-25,29,31-32,34,43H,4,18-20,22-23H2,1-3H3,(H,40,45)(H,41,44)(H,42,46)/t29-,31-,32-,34?/m0/s1. The molecule has 0 spiro atoms. The molecule has 11 nitrogen and oxygen atoms in total. The van der Waals surface area contributed by atoms with Crippen molar-refractivity contribution in [3.8, 4) is 0 Å². The number of ether oxygens (including phenoxy) is 2. The summed E-state index contributed by atoms with van der Waals surface area (Å²) in [5.41, 5.74) is 3.25. The van der Waals surface area contributed by atoms with Crippen LogP contribution in [0, 0.1) is 5.92 Å². The van der Waals surface area contributed by atoms with E-state index >= 15 is 0 Å². The quantitative estimate of drug-likeness (QED) is 0.116. The Labute approximate surface area is 291 Å². The number of hydrogen-bond donors (Lipinski definition) is 4. The number of benzene rings is 2. The number of carbonyl (C=O) groups excluding carboxylic acids is 3. The van der Waals surface area contributed by atoms with E-state index in [1.807, 2.05) is 92.9 Å². The van der Waals surface area contributed by atoms with Gasteiger partial charge in [-0.05, 0) is 48.8 Å². The van der Waals surface area contributed by atoms with Crippen LogP contribution >= 0.6 is 11.3 Å². The highest BCUT2D eigenvalue weighted by Crippen LogP contribution is 2.16. The van der Waals surface area contributed by atoms with Gasteiger partial charge in [0.15, 0.2) is 0 Å². The van der Waals surface area contributed by atoms with Gasteiger partial charge in [0.05, 0.1) is 22.8 Å². The summed E-state index contributed by atoms with van der Waals surface area (Å²) in [5.74, 6) is -0.743. The number of rotatable bonds is 17. The van der Waals surface area contributed by atoms with E-state index in [9.17, 15) is 19.5 Å². The largest absolute Gasteiger partial charge is 0.445 e. The molecule has 0 aliphatic rings. The number of hydrogen-bond acceptors (Lipinski definition) is 9. The topological polar surface area (TPSA) is 152 Å². The maximum absolute atomic E-state index is 13.7. The maximum atomic E-state index is 13.7. The molecule has 4 rings (SSSR count). The smallest absolute Gasteiger partial charge is 0.408 e. The van der Waals surface area contributed by atoms with Crippen LogP contribution in [0.1, 0.15) is 54.6 Å². The van der Waals surface area contributed by atoms with E-state index in [-0.39, 0.29) is 25.6 Å². The highest BCUT2D eigenvalue weighted by atomic mass is 32.1. The molecular formula is C37H45N5O6S. The summed E-state index contributed by atoms with van der Waals surface area (Å²) in [7, 11) is 0. The Hall–Kier alpha value is -4.81. The highest BCUT2D eigenvalue weighted by Gasteiger charge is 2.31. The molecule has 0 aliphatic heterocycles. The third kappa shape index (κ3) is 12.6. The van der Waals surface area contributed by atoms with Gasteiger partial charge >= 0.3 is 12.2 Å². The van der Waals surface area contributed by atoms with Gasteiger partial charge in [-0.1, -0.05) is 87.5 Å². The fourth-order valence-electron chi connectivity index (χ4n) is 5.23. The molecule has 12 heteroatoms. The van der Waals surface area contributed by atoms with Crippen LogP contribution in [-0.2, 0) is 46.7 Å². The number of pyridine rings is 1. The third-order valence-corrected chi connectivity index (χ3v) is 8.87. The van der Waals surface area contributed by atoms with Gasteiger partial charge in [0.1, 0.15) is 19.3 Å². The van der Waals surface area contributed by atoms with E-state index < -0.39 is 42.3 Å². The van der Waals surface area contributed by atoms with Crippen LogP contribution in [0.2, 0.25) is 0 Å². The Bertz CT molecular complexity index is 1590. The Morgan fingerprint density at radius 3 is 2.06 bits per heavy atom. The van der Waals surface area contributed by atoms with Crippen molar-refractivity contribution < 1.29 is 29.0 Å². The fraction of sp³-hybridized carbons (Fsp3) is 0.378. The van der Waals surface area contributed by atoms with E-state index in [0.717, 1.165) is 28.1 Å². The van der Waals surface area contributed by atoms with Crippen LogP contribution in [-0.4, -0.2) is 57.4 Å². The minimum absolute atomic E-state index is 0.00934. The van der Waals surface area contributed by atoms with Crippen molar-refractivity contribution in [3.05, 3.63) is 118 Å². The van der Waals surface area contributed by atoms with Crippen molar-refractivity contribution in [2.45, 2.75) is 83.9 Å². The molecular weight excluding hydrogens is 643 g/mol. The van der Waals surface area contributed by atoms with E-state index in [1.54, 1.807) is 18.5 Å². The summed E-state index contributed by atoms with van der Waals surface area (Å²) < 4.78 is 10.8. The molecule has 1 unspecified atom stereocenters. The molecule has 4 atom stereocenters. The zero-order valence-corrected chi connectivity index (χ0v) is 28.9. The molecule has 260 valence electrons. The summed E-state index contributed by atoms with van der Waals surface area (Å²) in [6.07, 6.45) is 2.46. The lowest BCUT2D eigenvalue weighted by Gasteiger charge is -2.30. The first-order chi connectivity index (χ1) is 23.7. The lowest BCUT2D eigenvalue weighted by molar-refractivity contribution is -0.125. The molecule has 4 N–H and O–H groups in total. The Balaban J connectivity index is 1.45. The van der Waals surface area contributed by atoms with E-state index in [2.05, 4.69) is 25.9 Å². The molecule has 2 aromatic heterocycles. The predicted molar refractivity (Wildman–Crippen MR) is 188 cm³/mol. The molecule has 0 bridgehead atoms. The maximum Gasteiger partial charge on any atom is 0.408 e. The molecule has 0 fully saturated rings. The summed E-state index contributed by atoms with van der Waals surface area (Å²) >= 11 is 1.50. The fourth-order valence-corrected chi connectivity index (χ4v) is 5.96. The summed E-state index contributed by atoms with van der Waals surface area (Å²) in [6.45, 7) is 5.67. The number of thiazole rings is 1. The number of nitrogens with one attached hydrogen (secondary N) is 3. The molecule has 2 aromatic carbocycles. The van der Waals surface area contributed by atoms with Gasteiger partial charge in [-0.2, -0.15) is 0 Å². The van der Waals surface area contributed by atoms with E-state index in [4.69, 9.17) is 9.47 Å². The van der Waals surface area contributed by atoms with Crippen molar-refractivity contribution >= 4 is 29.4 Å². The van der Waals surface area contributed by atoms with Gasteiger partial charge in [-0.3, -0.25) is 9.78 Å². The summed E-state index contributed by atoms with van der Waals surface area (Å²) in [4.78, 5) is 47.8. The SMILES string of the molecule is CCc1nc(COC(=O)NC(C(=O)N[C@@H](Cc2ccccc2)[C@@H](O)C[C@H](Cc2ccccc2)NC(=O)OCc2cccnc2)C(C)C)cs1.